The molecule has 0 aromatic rings. The summed E-state index contributed by atoms with van der Waals surface area (Å²) in [5.41, 5.74) is 0. The van der Waals surface area contributed by atoms with Gasteiger partial charge in [-0.05, 0) is 0 Å². The molecule has 0 aliphatic rings. The molecule has 0 saturated heterocycles. The van der Waals surface area contributed by atoms with Crippen LogP contribution in [0.5, 0.6) is 0 Å². The number of nitrogens with zero attached hydrogens (tertiary/aromatic N) is 6. The Kier molecular flexibility index (Phi) is 54.9. The van der Waals surface area contributed by atoms with Gasteiger partial charge in [0.15, 0.2) is 0 Å². The van der Waals surface area contributed by atoms with Gasteiger partial charge in [0, 0.05) is 118 Å². The Balaban J connectivity index is -0.000000148. The summed E-state index contributed by atoms with van der Waals surface area (Å²) in [5.74, 6) is -18.4. The second-order valence-corrected chi connectivity index (χ2v) is 11.7. The van der Waals surface area contributed by atoms with Gasteiger partial charge in [-0.15, -0.1) is 0 Å². The van der Waals surface area contributed by atoms with Crippen LogP contribution >= 0.6 is 0 Å². The van der Waals surface area contributed by atoms with Crippen molar-refractivity contribution in [3.05, 3.63) is 0 Å². The zero-order chi connectivity index (χ0) is 47.1. The molecule has 0 heterocycles. The largest absolute Gasteiger partial charge is 3.00 e. The number of carbonyl (C=O) groups excluding carboxylic acids is 12. The molecule has 0 aromatic heterocycles. The minimum absolute atomic E-state index is 0. The second-order valence-electron chi connectivity index (χ2n) is 11.7. The quantitative estimate of drug-likeness (QED) is 0.0589. The van der Waals surface area contributed by atoms with Gasteiger partial charge in [0.2, 0.25) is 0 Å². The van der Waals surface area contributed by atoms with Gasteiger partial charge in [0.25, 0.3) is 0 Å². The molecule has 4 radical (unpaired) electrons. The Morgan fingerprint density at radius 3 is 0.297 bits per heavy atom. The van der Waals surface area contributed by atoms with Gasteiger partial charge in [-0.25, -0.2) is 0 Å². The molecular weight excluding hydrogens is 1410 g/mol. The van der Waals surface area contributed by atoms with E-state index in [2.05, 4.69) is 0 Å². The maximum absolute atomic E-state index is 10.4. The Bertz CT molecular complexity index is 1140. The van der Waals surface area contributed by atoms with Crippen molar-refractivity contribution in [1.82, 2.24) is 29.4 Å². The normalized spacial score (nSPS) is 10.0. The van der Waals surface area contributed by atoms with Crippen LogP contribution in [0, 0.1) is 163 Å². The standard InChI is InChI=1S/3C10H16N2O8.4Nd/c3*13-7(14)3-11(4-8(15)16)1-2-12(5-9(17)18)6-10(19)20;;;;/h3*1-6H2,(H,13,14)(H,15,16)(H,17,18)(H,19,20);;;;/q;;;4*+3/p-12. The molecule has 0 aliphatic carbocycles. The molecule has 0 bridgehead atoms. The molecule has 30 nitrogen and oxygen atoms in total. The van der Waals surface area contributed by atoms with Crippen LogP contribution in [-0.2, 0) is 57.5 Å². The van der Waals surface area contributed by atoms with Crippen LogP contribution in [0.4, 0.5) is 0 Å². The number of aliphatic carboxylic acids is 12. The van der Waals surface area contributed by atoms with Gasteiger partial charge in [-0.3, -0.25) is 29.4 Å². The SMILES string of the molecule is O=C([O-])CN(CCN(CC(=O)[O-])CC(=O)[O-])CC(=O)[O-].O=C([O-])CN(CCN(CC(=O)[O-])CC(=O)[O-])CC(=O)[O-].O=C([O-])CN(CCN(CC(=O)[O-])CC(=O)[O-])CC(=O)[O-].[Nd+3].[Nd+3].[Nd+3].[Nd+3]. The Morgan fingerprint density at radius 1 is 0.188 bits per heavy atom. The molecule has 0 atom stereocenters. The van der Waals surface area contributed by atoms with E-state index >= 15 is 0 Å². The molecular formula is C30H36N6Nd4O24. The predicted octanol–water partition coefficient (Wildman–Crippen LogP) is -22.2. The first kappa shape index (κ1) is 77.0. The van der Waals surface area contributed by atoms with Crippen LogP contribution < -0.4 is 61.3 Å². The van der Waals surface area contributed by atoms with E-state index in [1.165, 1.54) is 0 Å². The van der Waals surface area contributed by atoms with E-state index in [0.29, 0.717) is 0 Å². The molecule has 64 heavy (non-hydrogen) atoms. The molecule has 0 spiro atoms. The Labute approximate surface area is 493 Å². The van der Waals surface area contributed by atoms with Crippen molar-refractivity contribution < 1.29 is 282 Å². The monoisotopic (exact) mass is 1430 g/mol. The number of carboxylic acids is 12. The number of hydrogen-bond acceptors (Lipinski definition) is 30. The van der Waals surface area contributed by atoms with E-state index in [-0.39, 0.29) is 203 Å². The maximum Gasteiger partial charge on any atom is 3.00 e. The van der Waals surface area contributed by atoms with Gasteiger partial charge in [0.05, 0.1) is 71.6 Å². The average molecular weight is 1440 g/mol. The summed E-state index contributed by atoms with van der Waals surface area (Å²) in [6.07, 6.45) is 0. The molecule has 0 saturated carbocycles. The first-order chi connectivity index (χ1) is 27.6. The fraction of sp³-hybridized carbons (Fsp3) is 0.600. The van der Waals surface area contributed by atoms with E-state index in [1.54, 1.807) is 0 Å². The van der Waals surface area contributed by atoms with Crippen LogP contribution in [0.3, 0.4) is 0 Å². The third-order valence-electron chi connectivity index (χ3n) is 6.43. The summed E-state index contributed by atoms with van der Waals surface area (Å²) in [5, 5.41) is 125. The minimum Gasteiger partial charge on any atom is -0.549 e. The van der Waals surface area contributed by atoms with Crippen molar-refractivity contribution in [2.75, 3.05) is 118 Å². The van der Waals surface area contributed by atoms with E-state index in [4.69, 9.17) is 0 Å². The van der Waals surface area contributed by atoms with E-state index in [9.17, 15) is 119 Å². The number of rotatable bonds is 33. The van der Waals surface area contributed by atoms with Crippen LogP contribution in [0.1, 0.15) is 0 Å². The van der Waals surface area contributed by atoms with Crippen LogP contribution in [-0.4, -0.2) is 219 Å². The molecule has 0 fully saturated rings. The van der Waals surface area contributed by atoms with E-state index in [0.717, 1.165) is 29.4 Å². The fourth-order valence-electron chi connectivity index (χ4n) is 4.32. The third kappa shape index (κ3) is 56.9. The summed E-state index contributed by atoms with van der Waals surface area (Å²) < 4.78 is 0. The van der Waals surface area contributed by atoms with Gasteiger partial charge >= 0.3 is 163 Å². The molecule has 0 unspecified atom stereocenters. The molecule has 0 aromatic carbocycles. The van der Waals surface area contributed by atoms with Gasteiger partial charge < -0.3 is 119 Å². The van der Waals surface area contributed by atoms with Gasteiger partial charge in [0.1, 0.15) is 0 Å². The second kappa shape index (κ2) is 45.6. The molecule has 0 amide bonds. The van der Waals surface area contributed by atoms with Crippen molar-refractivity contribution >= 4 is 71.6 Å². The van der Waals surface area contributed by atoms with E-state index in [1.807, 2.05) is 0 Å². The van der Waals surface area contributed by atoms with Crippen LogP contribution in [0.15, 0.2) is 0 Å². The van der Waals surface area contributed by atoms with Crippen LogP contribution in [0.25, 0.3) is 0 Å². The summed E-state index contributed by atoms with van der Waals surface area (Å²) in [7, 11) is 0. The van der Waals surface area contributed by atoms with Gasteiger partial charge in [-0.1, -0.05) is 0 Å². The summed E-state index contributed by atoms with van der Waals surface area (Å²) in [6, 6.07) is 0. The van der Waals surface area contributed by atoms with E-state index < -0.39 is 150 Å². The first-order valence-electron chi connectivity index (χ1n) is 16.3. The molecule has 0 rings (SSSR count). The van der Waals surface area contributed by atoms with Crippen molar-refractivity contribution in [1.29, 1.82) is 0 Å². The average Bonchev–Trinajstić information content (AvgIpc) is 3.02. The van der Waals surface area contributed by atoms with Gasteiger partial charge in [-0.2, -0.15) is 0 Å². The van der Waals surface area contributed by atoms with Crippen molar-refractivity contribution in [3.63, 3.8) is 0 Å². The summed E-state index contributed by atoms with van der Waals surface area (Å²) >= 11 is 0. The molecule has 346 valence electrons. The first-order valence-corrected chi connectivity index (χ1v) is 16.3. The number of hydrogen-bond donors (Lipinski definition) is 0. The predicted molar refractivity (Wildman–Crippen MR) is 159 cm³/mol. The molecule has 34 heteroatoms. The minimum atomic E-state index is -1.53. The van der Waals surface area contributed by atoms with Crippen molar-refractivity contribution in [3.8, 4) is 0 Å². The molecule has 0 aliphatic heterocycles. The van der Waals surface area contributed by atoms with Crippen molar-refractivity contribution in [2.24, 2.45) is 0 Å². The number of carboxylic acid groups (broad SMARTS) is 12. The zero-order valence-corrected chi connectivity index (χ0v) is 46.0. The Morgan fingerprint density at radius 2 is 0.250 bits per heavy atom. The van der Waals surface area contributed by atoms with Crippen molar-refractivity contribution in [2.45, 2.75) is 0 Å². The smallest absolute Gasteiger partial charge is 0.549 e. The zero-order valence-electron chi connectivity index (χ0n) is 33.2. The topological polar surface area (TPSA) is 501 Å². The summed E-state index contributed by atoms with van der Waals surface area (Å²) in [6.45, 7) is -9.75. The Hall–Kier alpha value is -1.20. The fourth-order valence-corrected chi connectivity index (χ4v) is 4.32. The molecule has 0 N–H and O–H groups in total. The summed E-state index contributed by atoms with van der Waals surface area (Å²) in [4.78, 5) is 130. The number of carbonyl (C=O) groups is 12. The maximum atomic E-state index is 10.4. The third-order valence-corrected chi connectivity index (χ3v) is 6.43. The van der Waals surface area contributed by atoms with Crippen LogP contribution in [0.2, 0.25) is 0 Å².